The van der Waals surface area contributed by atoms with E-state index in [1.54, 1.807) is 12.1 Å². The Hall–Kier alpha value is -3.12. The van der Waals surface area contributed by atoms with Crippen molar-refractivity contribution in [2.75, 3.05) is 4.72 Å². The minimum atomic E-state index is -3.72. The molecule has 2 N–H and O–H groups in total. The molecule has 0 radical (unpaired) electrons. The van der Waals surface area contributed by atoms with Crippen LogP contribution < -0.4 is 10.0 Å². The monoisotopic (exact) mass is 380 g/mol. The maximum absolute atomic E-state index is 12.5. The van der Waals surface area contributed by atoms with E-state index in [4.69, 9.17) is 0 Å². The van der Waals surface area contributed by atoms with Crippen LogP contribution in [0.4, 0.5) is 5.69 Å². The summed E-state index contributed by atoms with van der Waals surface area (Å²) in [6.45, 7) is 2.24. The molecule has 5 nitrogen and oxygen atoms in total. The van der Waals surface area contributed by atoms with Crippen molar-refractivity contribution in [3.05, 3.63) is 95.6 Å². The Bertz CT molecular complexity index is 1030. The van der Waals surface area contributed by atoms with Crippen molar-refractivity contribution < 1.29 is 13.2 Å². The van der Waals surface area contributed by atoms with Gasteiger partial charge in [-0.2, -0.15) is 0 Å². The molecule has 0 heterocycles. The molecule has 0 bridgehead atoms. The second kappa shape index (κ2) is 8.05. The van der Waals surface area contributed by atoms with Gasteiger partial charge in [0, 0.05) is 12.1 Å². The predicted molar refractivity (Wildman–Crippen MR) is 106 cm³/mol. The van der Waals surface area contributed by atoms with Crippen molar-refractivity contribution in [1.29, 1.82) is 0 Å². The Balaban J connectivity index is 1.69. The van der Waals surface area contributed by atoms with Crippen molar-refractivity contribution in [2.24, 2.45) is 0 Å². The zero-order chi connectivity index (χ0) is 19.3. The van der Waals surface area contributed by atoms with E-state index in [1.807, 2.05) is 49.4 Å². The molecule has 0 unspecified atom stereocenters. The first-order valence-electron chi connectivity index (χ1n) is 8.46. The van der Waals surface area contributed by atoms with Crippen LogP contribution in [0.25, 0.3) is 0 Å². The lowest BCUT2D eigenvalue weighted by Crippen LogP contribution is -2.22. The third-order valence-corrected chi connectivity index (χ3v) is 5.49. The van der Waals surface area contributed by atoms with Gasteiger partial charge >= 0.3 is 0 Å². The molecule has 138 valence electrons. The van der Waals surface area contributed by atoms with Crippen molar-refractivity contribution in [3.8, 4) is 0 Å². The molecule has 27 heavy (non-hydrogen) atoms. The number of anilines is 1. The smallest absolute Gasteiger partial charge is 0.261 e. The first-order valence-corrected chi connectivity index (χ1v) is 9.95. The highest BCUT2D eigenvalue weighted by atomic mass is 32.2. The van der Waals surface area contributed by atoms with E-state index in [0.717, 1.165) is 11.1 Å². The number of benzene rings is 3. The zero-order valence-corrected chi connectivity index (χ0v) is 15.7. The van der Waals surface area contributed by atoms with Gasteiger partial charge in [-0.05, 0) is 48.4 Å². The summed E-state index contributed by atoms with van der Waals surface area (Å²) in [7, 11) is -3.72. The minimum absolute atomic E-state index is 0.102. The van der Waals surface area contributed by atoms with Gasteiger partial charge in [-0.15, -0.1) is 0 Å². The summed E-state index contributed by atoms with van der Waals surface area (Å²) in [4.78, 5) is 12.3. The molecular weight excluding hydrogens is 360 g/mol. The Morgan fingerprint density at radius 1 is 0.852 bits per heavy atom. The van der Waals surface area contributed by atoms with Gasteiger partial charge in [0.2, 0.25) is 0 Å². The number of sulfonamides is 1. The lowest BCUT2D eigenvalue weighted by Gasteiger charge is -2.11. The molecule has 0 aliphatic carbocycles. The first kappa shape index (κ1) is 18.7. The molecule has 3 aromatic carbocycles. The van der Waals surface area contributed by atoms with Gasteiger partial charge in [0.05, 0.1) is 10.6 Å². The average molecular weight is 380 g/mol. The van der Waals surface area contributed by atoms with E-state index in [1.165, 1.54) is 24.3 Å². The number of hydrogen-bond donors (Lipinski definition) is 2. The van der Waals surface area contributed by atoms with Gasteiger partial charge in [0.15, 0.2) is 0 Å². The van der Waals surface area contributed by atoms with Crippen molar-refractivity contribution in [1.82, 2.24) is 5.32 Å². The molecule has 0 saturated carbocycles. The number of carbonyl (C=O) groups is 1. The van der Waals surface area contributed by atoms with E-state index in [2.05, 4.69) is 10.0 Å². The number of carbonyl (C=O) groups excluding carboxylic acids is 1. The molecule has 0 spiro atoms. The molecule has 0 aromatic heterocycles. The zero-order valence-electron chi connectivity index (χ0n) is 14.8. The predicted octanol–water partition coefficient (Wildman–Crippen LogP) is 3.73. The van der Waals surface area contributed by atoms with Crippen molar-refractivity contribution >= 4 is 21.6 Å². The normalized spacial score (nSPS) is 11.0. The van der Waals surface area contributed by atoms with Crippen molar-refractivity contribution in [3.63, 3.8) is 0 Å². The number of aryl methyl sites for hydroxylation is 1. The van der Waals surface area contributed by atoms with E-state index in [-0.39, 0.29) is 10.8 Å². The van der Waals surface area contributed by atoms with Crippen molar-refractivity contribution in [2.45, 2.75) is 18.4 Å². The fraction of sp³-hybridized carbons (Fsp3) is 0.0952. The standard InChI is InChI=1S/C21H20N2O3S/c1-16-7-5-6-10-20(16)23-27(25,26)19-13-11-18(12-14-19)21(24)22-15-17-8-3-2-4-9-17/h2-14,23H,15H2,1H3,(H,22,24). The van der Waals surface area contributed by atoms with Crippen LogP contribution in [0.15, 0.2) is 83.8 Å². The van der Waals surface area contributed by atoms with E-state index in [9.17, 15) is 13.2 Å². The van der Waals surface area contributed by atoms with E-state index < -0.39 is 10.0 Å². The lowest BCUT2D eigenvalue weighted by molar-refractivity contribution is 0.0951. The van der Waals surface area contributed by atoms with Crippen LogP contribution in [0, 0.1) is 6.92 Å². The Morgan fingerprint density at radius 2 is 1.48 bits per heavy atom. The van der Waals surface area contributed by atoms with Gasteiger partial charge in [-0.25, -0.2) is 8.42 Å². The maximum Gasteiger partial charge on any atom is 0.261 e. The number of para-hydroxylation sites is 1. The fourth-order valence-corrected chi connectivity index (χ4v) is 3.69. The van der Waals surface area contributed by atoms with Gasteiger partial charge in [0.1, 0.15) is 0 Å². The number of hydrogen-bond acceptors (Lipinski definition) is 3. The Labute approximate surface area is 159 Å². The summed E-state index contributed by atoms with van der Waals surface area (Å²) in [6, 6.07) is 22.6. The second-order valence-corrected chi connectivity index (χ2v) is 7.80. The van der Waals surface area contributed by atoms with Gasteiger partial charge in [0.25, 0.3) is 15.9 Å². The van der Waals surface area contributed by atoms with Crippen LogP contribution in [-0.4, -0.2) is 14.3 Å². The van der Waals surface area contributed by atoms with Crippen LogP contribution in [0.5, 0.6) is 0 Å². The third-order valence-electron chi connectivity index (χ3n) is 4.11. The second-order valence-electron chi connectivity index (χ2n) is 6.11. The summed E-state index contributed by atoms with van der Waals surface area (Å²) in [5, 5.41) is 2.82. The summed E-state index contributed by atoms with van der Waals surface area (Å²) >= 11 is 0. The maximum atomic E-state index is 12.5. The molecule has 0 fully saturated rings. The van der Waals surface area contributed by atoms with Crippen LogP contribution in [0.3, 0.4) is 0 Å². The summed E-state index contributed by atoms with van der Waals surface area (Å²) in [5.74, 6) is -0.255. The number of nitrogens with one attached hydrogen (secondary N) is 2. The molecule has 1 amide bonds. The topological polar surface area (TPSA) is 75.3 Å². The summed E-state index contributed by atoms with van der Waals surface area (Å²) in [6.07, 6.45) is 0. The van der Waals surface area contributed by atoms with E-state index in [0.29, 0.717) is 17.8 Å². The molecule has 0 saturated heterocycles. The molecule has 3 rings (SSSR count). The largest absolute Gasteiger partial charge is 0.348 e. The summed E-state index contributed by atoms with van der Waals surface area (Å²) in [5.41, 5.74) is 2.76. The third kappa shape index (κ3) is 4.74. The van der Waals surface area contributed by atoms with Gasteiger partial charge < -0.3 is 5.32 Å². The molecule has 0 aliphatic rings. The van der Waals surface area contributed by atoms with Gasteiger partial charge in [-0.3, -0.25) is 9.52 Å². The van der Waals surface area contributed by atoms with Gasteiger partial charge in [-0.1, -0.05) is 48.5 Å². The Morgan fingerprint density at radius 3 is 2.15 bits per heavy atom. The van der Waals surface area contributed by atoms with Crippen LogP contribution in [0.1, 0.15) is 21.5 Å². The number of amides is 1. The fourth-order valence-electron chi connectivity index (χ4n) is 2.56. The highest BCUT2D eigenvalue weighted by molar-refractivity contribution is 7.92. The average Bonchev–Trinajstić information content (AvgIpc) is 2.69. The molecule has 0 aliphatic heterocycles. The van der Waals surface area contributed by atoms with Crippen LogP contribution >= 0.6 is 0 Å². The summed E-state index contributed by atoms with van der Waals surface area (Å²) < 4.78 is 27.6. The highest BCUT2D eigenvalue weighted by Gasteiger charge is 2.16. The van der Waals surface area contributed by atoms with Crippen LogP contribution in [0.2, 0.25) is 0 Å². The quantitative estimate of drug-likeness (QED) is 0.684. The molecule has 3 aromatic rings. The van der Waals surface area contributed by atoms with E-state index >= 15 is 0 Å². The van der Waals surface area contributed by atoms with Crippen LogP contribution in [-0.2, 0) is 16.6 Å². The SMILES string of the molecule is Cc1ccccc1NS(=O)(=O)c1ccc(C(=O)NCc2ccccc2)cc1. The highest BCUT2D eigenvalue weighted by Crippen LogP contribution is 2.19. The number of rotatable bonds is 6. The first-order chi connectivity index (χ1) is 13.0. The molecular formula is C21H20N2O3S. The molecule has 0 atom stereocenters. The Kier molecular flexibility index (Phi) is 5.57. The minimum Gasteiger partial charge on any atom is -0.348 e. The lowest BCUT2D eigenvalue weighted by atomic mass is 10.2. The molecule has 6 heteroatoms.